The van der Waals surface area contributed by atoms with Gasteiger partial charge in [0.15, 0.2) is 0 Å². The van der Waals surface area contributed by atoms with Crippen molar-refractivity contribution in [1.29, 1.82) is 0 Å². The molecule has 3 N–H and O–H groups in total. The van der Waals surface area contributed by atoms with Gasteiger partial charge in [0, 0.05) is 23.7 Å². The van der Waals surface area contributed by atoms with Crippen LogP contribution in [-0.2, 0) is 6.54 Å². The van der Waals surface area contributed by atoms with E-state index in [9.17, 15) is 9.90 Å². The summed E-state index contributed by atoms with van der Waals surface area (Å²) >= 11 is 5.95. The lowest BCUT2D eigenvalue weighted by atomic mass is 10.1. The number of amides is 2. The number of aliphatic hydroxyl groups excluding tert-OH is 1. The van der Waals surface area contributed by atoms with Crippen LogP contribution in [0.15, 0.2) is 18.2 Å². The van der Waals surface area contributed by atoms with Gasteiger partial charge in [-0.1, -0.05) is 17.7 Å². The maximum atomic E-state index is 11.8. The molecular weight excluding hydrogens is 304 g/mol. The van der Waals surface area contributed by atoms with Crippen molar-refractivity contribution in [2.24, 2.45) is 5.92 Å². The fraction of sp³-hybridized carbons (Fsp3) is 0.562. The Balaban J connectivity index is 1.78. The first-order chi connectivity index (χ1) is 10.6. The number of ether oxygens (including phenoxy) is 1. The molecule has 1 aromatic carbocycles. The van der Waals surface area contributed by atoms with Crippen LogP contribution in [0.25, 0.3) is 0 Å². The Kier molecular flexibility index (Phi) is 6.34. The number of carbonyl (C=O) groups is 1. The van der Waals surface area contributed by atoms with Crippen molar-refractivity contribution in [2.75, 3.05) is 13.2 Å². The van der Waals surface area contributed by atoms with E-state index in [2.05, 4.69) is 10.6 Å². The smallest absolute Gasteiger partial charge is 0.315 e. The molecule has 2 rings (SSSR count). The first kappa shape index (κ1) is 16.9. The zero-order valence-electron chi connectivity index (χ0n) is 12.8. The molecular formula is C16H23ClN2O3. The maximum Gasteiger partial charge on any atom is 0.315 e. The van der Waals surface area contributed by atoms with Crippen molar-refractivity contribution in [3.05, 3.63) is 28.8 Å². The predicted octanol–water partition coefficient (Wildman–Crippen LogP) is 2.70. The minimum atomic E-state index is -0.210. The van der Waals surface area contributed by atoms with E-state index >= 15 is 0 Å². The van der Waals surface area contributed by atoms with E-state index in [1.165, 1.54) is 0 Å². The van der Waals surface area contributed by atoms with Gasteiger partial charge in [0.1, 0.15) is 5.75 Å². The Hall–Kier alpha value is -1.46. The largest absolute Gasteiger partial charge is 0.493 e. The second-order valence-corrected chi connectivity index (χ2v) is 6.02. The molecule has 0 unspecified atom stereocenters. The summed E-state index contributed by atoms with van der Waals surface area (Å²) < 4.78 is 5.52. The van der Waals surface area contributed by atoms with E-state index in [0.717, 1.165) is 24.8 Å². The number of hydrogen-bond donors (Lipinski definition) is 3. The van der Waals surface area contributed by atoms with Gasteiger partial charge in [-0.2, -0.15) is 0 Å². The van der Waals surface area contributed by atoms with E-state index in [4.69, 9.17) is 16.3 Å². The molecule has 22 heavy (non-hydrogen) atoms. The van der Waals surface area contributed by atoms with Crippen molar-refractivity contribution >= 4 is 17.6 Å². The summed E-state index contributed by atoms with van der Waals surface area (Å²) in [6.07, 6.45) is 2.35. The molecule has 0 aliphatic heterocycles. The molecule has 1 aliphatic carbocycles. The highest BCUT2D eigenvalue weighted by Crippen LogP contribution is 2.25. The van der Waals surface area contributed by atoms with Crippen molar-refractivity contribution in [2.45, 2.75) is 38.8 Å². The van der Waals surface area contributed by atoms with Gasteiger partial charge in [0.25, 0.3) is 0 Å². The molecule has 2 atom stereocenters. The average molecular weight is 327 g/mol. The molecule has 6 heteroatoms. The van der Waals surface area contributed by atoms with Crippen LogP contribution in [0.2, 0.25) is 5.02 Å². The van der Waals surface area contributed by atoms with E-state index < -0.39 is 0 Å². The van der Waals surface area contributed by atoms with Crippen LogP contribution in [-0.4, -0.2) is 30.4 Å². The number of halogens is 1. The highest BCUT2D eigenvalue weighted by Gasteiger charge is 2.22. The molecule has 1 aliphatic rings. The van der Waals surface area contributed by atoms with Crippen LogP contribution < -0.4 is 15.4 Å². The normalized spacial score (nSPS) is 20.7. The summed E-state index contributed by atoms with van der Waals surface area (Å²) in [6.45, 7) is 3.43. The second-order valence-electron chi connectivity index (χ2n) is 5.58. The number of carbonyl (C=O) groups excluding carboxylic acids is 1. The highest BCUT2D eigenvalue weighted by molar-refractivity contribution is 6.30. The van der Waals surface area contributed by atoms with Gasteiger partial charge in [-0.05, 0) is 44.2 Å². The lowest BCUT2D eigenvalue weighted by Gasteiger charge is -2.14. The molecule has 0 aromatic heterocycles. The summed E-state index contributed by atoms with van der Waals surface area (Å²) in [6, 6.07) is 5.17. The van der Waals surface area contributed by atoms with E-state index in [1.54, 1.807) is 12.1 Å². The minimum absolute atomic E-state index is 0.209. The second kappa shape index (κ2) is 8.25. The van der Waals surface area contributed by atoms with Gasteiger partial charge < -0.3 is 20.5 Å². The SMILES string of the molecule is CCOc1cc(Cl)ccc1CNC(=O)NC[C@H]1CC[C@H](O)C1. The Morgan fingerprint density at radius 3 is 2.91 bits per heavy atom. The molecule has 0 saturated heterocycles. The first-order valence-corrected chi connectivity index (χ1v) is 8.07. The van der Waals surface area contributed by atoms with Crippen LogP contribution in [0, 0.1) is 5.92 Å². The zero-order chi connectivity index (χ0) is 15.9. The lowest BCUT2D eigenvalue weighted by molar-refractivity contribution is 0.177. The molecule has 1 aromatic rings. The summed E-state index contributed by atoms with van der Waals surface area (Å²) in [5.74, 6) is 1.06. The van der Waals surface area contributed by atoms with E-state index in [1.807, 2.05) is 13.0 Å². The lowest BCUT2D eigenvalue weighted by Crippen LogP contribution is -2.37. The van der Waals surface area contributed by atoms with Gasteiger partial charge in [0.2, 0.25) is 0 Å². The Morgan fingerprint density at radius 1 is 1.41 bits per heavy atom. The molecule has 1 saturated carbocycles. The number of urea groups is 1. The van der Waals surface area contributed by atoms with E-state index in [-0.39, 0.29) is 12.1 Å². The molecule has 0 bridgehead atoms. The zero-order valence-corrected chi connectivity index (χ0v) is 13.5. The molecule has 122 valence electrons. The van der Waals surface area contributed by atoms with Gasteiger partial charge in [0.05, 0.1) is 12.7 Å². The Bertz CT molecular complexity index is 510. The van der Waals surface area contributed by atoms with E-state index in [0.29, 0.717) is 36.4 Å². The number of hydrogen-bond acceptors (Lipinski definition) is 3. The van der Waals surface area contributed by atoms with Crippen LogP contribution in [0.3, 0.4) is 0 Å². The summed E-state index contributed by atoms with van der Waals surface area (Å²) in [5, 5.41) is 15.7. The molecule has 2 amide bonds. The number of nitrogens with one attached hydrogen (secondary N) is 2. The topological polar surface area (TPSA) is 70.6 Å². The van der Waals surface area contributed by atoms with Gasteiger partial charge in [-0.25, -0.2) is 4.79 Å². The number of benzene rings is 1. The molecule has 0 heterocycles. The van der Waals surface area contributed by atoms with Gasteiger partial charge >= 0.3 is 6.03 Å². The maximum absolute atomic E-state index is 11.8. The number of rotatable bonds is 6. The van der Waals surface area contributed by atoms with Gasteiger partial charge in [-0.15, -0.1) is 0 Å². The highest BCUT2D eigenvalue weighted by atomic mass is 35.5. The monoisotopic (exact) mass is 326 g/mol. The van der Waals surface area contributed by atoms with Crippen LogP contribution in [0.5, 0.6) is 5.75 Å². The third kappa shape index (κ3) is 5.07. The average Bonchev–Trinajstić information content (AvgIpc) is 2.90. The molecule has 5 nitrogen and oxygen atoms in total. The van der Waals surface area contributed by atoms with Gasteiger partial charge in [-0.3, -0.25) is 0 Å². The Morgan fingerprint density at radius 2 is 2.23 bits per heavy atom. The third-order valence-electron chi connectivity index (χ3n) is 3.83. The predicted molar refractivity (Wildman–Crippen MR) is 86.2 cm³/mol. The summed E-state index contributed by atoms with van der Waals surface area (Å²) in [4.78, 5) is 11.8. The fourth-order valence-corrected chi connectivity index (χ4v) is 2.84. The standard InChI is InChI=1S/C16H23ClN2O3/c1-2-22-15-8-13(17)5-4-12(15)10-19-16(21)18-9-11-3-6-14(20)7-11/h4-5,8,11,14,20H,2-3,6-7,9-10H2,1H3,(H2,18,19,21)/t11-,14-/m0/s1. The summed E-state index contributed by atoms with van der Waals surface area (Å²) in [5.41, 5.74) is 0.887. The van der Waals surface area contributed by atoms with Crippen LogP contribution in [0.1, 0.15) is 31.7 Å². The van der Waals surface area contributed by atoms with Crippen molar-refractivity contribution in [3.63, 3.8) is 0 Å². The summed E-state index contributed by atoms with van der Waals surface area (Å²) in [7, 11) is 0. The Labute approximate surface area is 136 Å². The molecule has 0 spiro atoms. The van der Waals surface area contributed by atoms with Crippen LogP contribution >= 0.6 is 11.6 Å². The third-order valence-corrected chi connectivity index (χ3v) is 4.07. The van der Waals surface area contributed by atoms with Crippen molar-refractivity contribution in [1.82, 2.24) is 10.6 Å². The fourth-order valence-electron chi connectivity index (χ4n) is 2.67. The van der Waals surface area contributed by atoms with Crippen LogP contribution in [0.4, 0.5) is 4.79 Å². The number of aliphatic hydroxyl groups is 1. The quantitative estimate of drug-likeness (QED) is 0.752. The first-order valence-electron chi connectivity index (χ1n) is 7.69. The minimum Gasteiger partial charge on any atom is -0.493 e. The van der Waals surface area contributed by atoms with Crippen molar-refractivity contribution < 1.29 is 14.6 Å². The van der Waals surface area contributed by atoms with Crippen molar-refractivity contribution in [3.8, 4) is 5.75 Å². The molecule has 1 fully saturated rings. The molecule has 0 radical (unpaired) electrons.